The predicted octanol–water partition coefficient (Wildman–Crippen LogP) is 2.78. The van der Waals surface area contributed by atoms with Crippen LogP contribution in [-0.4, -0.2) is 15.0 Å². The molecule has 1 N–H and O–H groups in total. The van der Waals surface area contributed by atoms with Crippen molar-refractivity contribution in [1.29, 1.82) is 0 Å². The second-order valence-electron chi connectivity index (χ2n) is 3.96. The standard InChI is InChI=1S/C13H7ClFN3O/c14-13-16-6-9(15)12(18-13)8-1-3-10-7(5-8)2-4-11(19)17-10/h1-6H,(H,17,19). The third-order valence-corrected chi connectivity index (χ3v) is 2.89. The maximum atomic E-state index is 13.7. The second kappa shape index (κ2) is 4.44. The Hall–Kier alpha value is -2.27. The minimum atomic E-state index is -0.548. The van der Waals surface area contributed by atoms with E-state index in [4.69, 9.17) is 11.6 Å². The third-order valence-electron chi connectivity index (χ3n) is 2.71. The number of pyridine rings is 1. The Labute approximate surface area is 111 Å². The van der Waals surface area contributed by atoms with Crippen LogP contribution in [0.1, 0.15) is 0 Å². The van der Waals surface area contributed by atoms with E-state index in [9.17, 15) is 9.18 Å². The summed E-state index contributed by atoms with van der Waals surface area (Å²) < 4.78 is 13.7. The van der Waals surface area contributed by atoms with Crippen LogP contribution in [0.15, 0.2) is 41.3 Å². The minimum absolute atomic E-state index is 0.0158. The number of halogens is 2. The van der Waals surface area contributed by atoms with Crippen molar-refractivity contribution < 1.29 is 4.39 Å². The quantitative estimate of drug-likeness (QED) is 0.695. The van der Waals surface area contributed by atoms with Gasteiger partial charge in [-0.3, -0.25) is 4.79 Å². The average Bonchev–Trinajstić information content (AvgIpc) is 2.41. The molecule has 0 aliphatic heterocycles. The Balaban J connectivity index is 2.23. The van der Waals surface area contributed by atoms with Gasteiger partial charge in [-0.2, -0.15) is 0 Å². The summed E-state index contributed by atoms with van der Waals surface area (Å²) in [6, 6.07) is 8.17. The summed E-state index contributed by atoms with van der Waals surface area (Å²) in [5, 5.41) is 0.768. The number of rotatable bonds is 1. The van der Waals surface area contributed by atoms with Crippen LogP contribution in [0.3, 0.4) is 0 Å². The van der Waals surface area contributed by atoms with E-state index in [1.54, 1.807) is 24.3 Å². The van der Waals surface area contributed by atoms with Crippen LogP contribution in [-0.2, 0) is 0 Å². The van der Waals surface area contributed by atoms with Gasteiger partial charge in [0.05, 0.1) is 6.20 Å². The van der Waals surface area contributed by atoms with Crippen molar-refractivity contribution in [3.05, 3.63) is 58.0 Å². The maximum Gasteiger partial charge on any atom is 0.248 e. The van der Waals surface area contributed by atoms with Crippen molar-refractivity contribution in [2.75, 3.05) is 0 Å². The fourth-order valence-corrected chi connectivity index (χ4v) is 1.98. The Kier molecular flexibility index (Phi) is 2.76. The maximum absolute atomic E-state index is 13.7. The van der Waals surface area contributed by atoms with E-state index in [2.05, 4.69) is 15.0 Å². The van der Waals surface area contributed by atoms with Crippen LogP contribution in [0.25, 0.3) is 22.2 Å². The highest BCUT2D eigenvalue weighted by molar-refractivity contribution is 6.28. The lowest BCUT2D eigenvalue weighted by Crippen LogP contribution is -2.02. The Morgan fingerprint density at radius 2 is 2.05 bits per heavy atom. The number of H-pyrrole nitrogens is 1. The van der Waals surface area contributed by atoms with Gasteiger partial charge in [0, 0.05) is 17.1 Å². The number of hydrogen-bond donors (Lipinski definition) is 1. The molecular formula is C13H7ClFN3O. The number of hydrogen-bond acceptors (Lipinski definition) is 3. The lowest BCUT2D eigenvalue weighted by atomic mass is 10.1. The molecule has 0 amide bonds. The highest BCUT2D eigenvalue weighted by Gasteiger charge is 2.09. The molecule has 6 heteroatoms. The lowest BCUT2D eigenvalue weighted by molar-refractivity contribution is 0.618. The van der Waals surface area contributed by atoms with Gasteiger partial charge in [-0.25, -0.2) is 14.4 Å². The highest BCUT2D eigenvalue weighted by atomic mass is 35.5. The number of fused-ring (bicyclic) bond motifs is 1. The van der Waals surface area contributed by atoms with E-state index in [0.29, 0.717) is 11.1 Å². The molecule has 19 heavy (non-hydrogen) atoms. The zero-order valence-corrected chi connectivity index (χ0v) is 10.3. The van der Waals surface area contributed by atoms with Gasteiger partial charge in [-0.05, 0) is 35.2 Å². The molecule has 3 aromatic rings. The van der Waals surface area contributed by atoms with Crippen LogP contribution < -0.4 is 5.56 Å². The first-order valence-corrected chi connectivity index (χ1v) is 5.83. The number of aromatic nitrogens is 3. The summed E-state index contributed by atoms with van der Waals surface area (Å²) in [5.74, 6) is -0.548. The molecule has 0 bridgehead atoms. The highest BCUT2D eigenvalue weighted by Crippen LogP contribution is 2.24. The Morgan fingerprint density at radius 1 is 1.21 bits per heavy atom. The molecule has 2 heterocycles. The van der Waals surface area contributed by atoms with Crippen LogP contribution in [0.5, 0.6) is 0 Å². The van der Waals surface area contributed by atoms with E-state index < -0.39 is 5.82 Å². The van der Waals surface area contributed by atoms with Gasteiger partial charge in [-0.15, -0.1) is 0 Å². The summed E-state index contributed by atoms with van der Waals surface area (Å²) in [4.78, 5) is 21.3. The molecule has 0 spiro atoms. The molecule has 3 rings (SSSR count). The van der Waals surface area contributed by atoms with E-state index in [1.807, 2.05) is 0 Å². The molecule has 0 saturated carbocycles. The van der Waals surface area contributed by atoms with E-state index in [1.165, 1.54) is 6.07 Å². The summed E-state index contributed by atoms with van der Waals surface area (Å²) in [6.07, 6.45) is 1.03. The van der Waals surface area contributed by atoms with Gasteiger partial charge in [0.15, 0.2) is 5.82 Å². The SMILES string of the molecule is O=c1ccc2cc(-c3nc(Cl)ncc3F)ccc2[nH]1. The molecule has 94 valence electrons. The molecule has 0 saturated heterocycles. The van der Waals surface area contributed by atoms with Crippen molar-refractivity contribution >= 4 is 22.5 Å². The number of nitrogens with zero attached hydrogens (tertiary/aromatic N) is 2. The summed E-state index contributed by atoms with van der Waals surface area (Å²) >= 11 is 5.67. The summed E-state index contributed by atoms with van der Waals surface area (Å²) in [7, 11) is 0. The van der Waals surface area contributed by atoms with Crippen LogP contribution in [0.4, 0.5) is 4.39 Å². The zero-order valence-electron chi connectivity index (χ0n) is 9.52. The molecule has 4 nitrogen and oxygen atoms in total. The van der Waals surface area contributed by atoms with Gasteiger partial charge >= 0.3 is 0 Å². The molecule has 0 radical (unpaired) electrons. The topological polar surface area (TPSA) is 58.6 Å². The van der Waals surface area contributed by atoms with Gasteiger partial charge in [0.1, 0.15) is 5.69 Å². The normalized spacial score (nSPS) is 10.8. The van der Waals surface area contributed by atoms with E-state index >= 15 is 0 Å². The van der Waals surface area contributed by atoms with Crippen LogP contribution >= 0.6 is 11.6 Å². The Bertz CT molecular complexity index is 831. The predicted molar refractivity (Wildman–Crippen MR) is 70.6 cm³/mol. The monoisotopic (exact) mass is 275 g/mol. The summed E-state index contributed by atoms with van der Waals surface area (Å²) in [5.41, 5.74) is 1.20. The van der Waals surface area contributed by atoms with E-state index in [-0.39, 0.29) is 16.5 Å². The van der Waals surface area contributed by atoms with Crippen molar-refractivity contribution in [3.8, 4) is 11.3 Å². The van der Waals surface area contributed by atoms with Gasteiger partial charge in [0.2, 0.25) is 10.8 Å². The first-order valence-electron chi connectivity index (χ1n) is 5.45. The van der Waals surface area contributed by atoms with Crippen molar-refractivity contribution in [2.24, 2.45) is 0 Å². The molecule has 0 aliphatic carbocycles. The summed E-state index contributed by atoms with van der Waals surface area (Å²) in [6.45, 7) is 0. The van der Waals surface area contributed by atoms with Gasteiger partial charge < -0.3 is 4.98 Å². The first kappa shape index (κ1) is 11.8. The number of aromatic amines is 1. The average molecular weight is 276 g/mol. The molecule has 0 fully saturated rings. The van der Waals surface area contributed by atoms with Crippen molar-refractivity contribution in [1.82, 2.24) is 15.0 Å². The second-order valence-corrected chi connectivity index (χ2v) is 4.30. The number of nitrogens with one attached hydrogen (secondary N) is 1. The van der Waals surface area contributed by atoms with E-state index in [0.717, 1.165) is 11.6 Å². The fourth-order valence-electron chi connectivity index (χ4n) is 1.85. The molecule has 0 unspecified atom stereocenters. The smallest absolute Gasteiger partial charge is 0.248 e. The third kappa shape index (κ3) is 2.20. The lowest BCUT2D eigenvalue weighted by Gasteiger charge is -2.04. The molecule has 0 aliphatic rings. The Morgan fingerprint density at radius 3 is 2.89 bits per heavy atom. The molecule has 1 aromatic carbocycles. The van der Waals surface area contributed by atoms with Gasteiger partial charge in [0.25, 0.3) is 0 Å². The molecular weight excluding hydrogens is 269 g/mol. The van der Waals surface area contributed by atoms with Gasteiger partial charge in [-0.1, -0.05) is 6.07 Å². The van der Waals surface area contributed by atoms with Crippen molar-refractivity contribution in [3.63, 3.8) is 0 Å². The zero-order chi connectivity index (χ0) is 13.4. The minimum Gasteiger partial charge on any atom is -0.322 e. The van der Waals surface area contributed by atoms with Crippen molar-refractivity contribution in [2.45, 2.75) is 0 Å². The van der Waals surface area contributed by atoms with Crippen LogP contribution in [0.2, 0.25) is 5.28 Å². The first-order chi connectivity index (χ1) is 9.13. The van der Waals surface area contributed by atoms with Crippen LogP contribution in [0, 0.1) is 5.82 Å². The fraction of sp³-hybridized carbons (Fsp3) is 0. The largest absolute Gasteiger partial charge is 0.322 e. The number of benzene rings is 1. The molecule has 0 atom stereocenters. The molecule has 2 aromatic heterocycles.